The van der Waals surface area contributed by atoms with Gasteiger partial charge in [-0.05, 0) is 24.1 Å². The van der Waals surface area contributed by atoms with E-state index in [1.54, 1.807) is 6.08 Å². The zero-order chi connectivity index (χ0) is 11.3. The quantitative estimate of drug-likeness (QED) is 0.381. The Kier molecular flexibility index (Phi) is 3.62. The van der Waals surface area contributed by atoms with Crippen molar-refractivity contribution in [3.05, 3.63) is 41.5 Å². The predicted octanol–water partition coefficient (Wildman–Crippen LogP) is 1.02. The molecule has 1 amide bonds. The van der Waals surface area contributed by atoms with Crippen LogP contribution in [-0.4, -0.2) is 11.9 Å². The van der Waals surface area contributed by atoms with Gasteiger partial charge < -0.3 is 5.73 Å². The maximum Gasteiger partial charge on any atom is 0.250 e. The van der Waals surface area contributed by atoms with Crippen molar-refractivity contribution < 1.29 is 4.79 Å². The molecule has 0 aliphatic rings. The van der Waals surface area contributed by atoms with Crippen LogP contribution in [0.15, 0.2) is 30.3 Å². The van der Waals surface area contributed by atoms with Crippen LogP contribution < -0.4 is 11.1 Å². The minimum atomic E-state index is -0.397. The van der Waals surface area contributed by atoms with Crippen LogP contribution in [0.5, 0.6) is 0 Å². The Labute approximate surface area is 88.3 Å². The molecule has 0 fully saturated rings. The number of nitrogens with one attached hydrogen (secondary N) is 2. The lowest BCUT2D eigenvalue weighted by atomic mass is 10.1. The summed E-state index contributed by atoms with van der Waals surface area (Å²) in [4.78, 5) is 11.1. The highest BCUT2D eigenvalue weighted by Gasteiger charge is 1.96. The third-order valence-electron chi connectivity index (χ3n) is 1.86. The topological polar surface area (TPSA) is 79.0 Å². The fraction of sp³-hybridized carbons (Fsp3) is 0.0909. The maximum absolute atomic E-state index is 11.1. The molecule has 15 heavy (non-hydrogen) atoms. The van der Waals surface area contributed by atoms with Crippen molar-refractivity contribution in [3.8, 4) is 0 Å². The summed E-state index contributed by atoms with van der Waals surface area (Å²) in [5.74, 6) is -0.750. The average molecular weight is 203 g/mol. The van der Waals surface area contributed by atoms with Crippen molar-refractivity contribution in [2.45, 2.75) is 6.92 Å². The number of carbonyl (C=O) groups is 1. The predicted molar refractivity (Wildman–Crippen MR) is 60.3 cm³/mol. The Morgan fingerprint density at radius 1 is 1.47 bits per heavy atom. The summed E-state index contributed by atoms with van der Waals surface area (Å²) in [6.45, 7) is 1.96. The van der Waals surface area contributed by atoms with Crippen molar-refractivity contribution in [1.29, 1.82) is 5.41 Å². The van der Waals surface area contributed by atoms with Gasteiger partial charge in [0.15, 0.2) is 5.96 Å². The number of guanidine groups is 1. The molecule has 0 atom stereocenters. The monoisotopic (exact) mass is 203 g/mol. The van der Waals surface area contributed by atoms with Crippen LogP contribution in [-0.2, 0) is 4.79 Å². The van der Waals surface area contributed by atoms with Gasteiger partial charge in [-0.15, -0.1) is 0 Å². The molecule has 4 N–H and O–H groups in total. The van der Waals surface area contributed by atoms with E-state index in [-0.39, 0.29) is 5.96 Å². The molecule has 4 nitrogen and oxygen atoms in total. The lowest BCUT2D eigenvalue weighted by molar-refractivity contribution is -0.115. The van der Waals surface area contributed by atoms with Gasteiger partial charge in [-0.1, -0.05) is 24.3 Å². The first-order chi connectivity index (χ1) is 7.09. The first kappa shape index (κ1) is 11.0. The largest absolute Gasteiger partial charge is 0.370 e. The van der Waals surface area contributed by atoms with Gasteiger partial charge in [0.05, 0.1) is 0 Å². The van der Waals surface area contributed by atoms with Crippen LogP contribution in [0, 0.1) is 12.3 Å². The average Bonchev–Trinajstić information content (AvgIpc) is 2.15. The Morgan fingerprint density at radius 2 is 2.13 bits per heavy atom. The van der Waals surface area contributed by atoms with E-state index in [1.165, 1.54) is 6.08 Å². The molecule has 1 rings (SSSR count). The van der Waals surface area contributed by atoms with Crippen LogP contribution >= 0.6 is 0 Å². The molecule has 1 aromatic carbocycles. The molecule has 0 aliphatic heterocycles. The van der Waals surface area contributed by atoms with Gasteiger partial charge in [0.1, 0.15) is 0 Å². The second kappa shape index (κ2) is 4.95. The van der Waals surface area contributed by atoms with Gasteiger partial charge in [0.25, 0.3) is 5.91 Å². The highest BCUT2D eigenvalue weighted by Crippen LogP contribution is 2.08. The first-order valence-corrected chi connectivity index (χ1v) is 4.48. The number of hydrogen-bond donors (Lipinski definition) is 3. The van der Waals surface area contributed by atoms with E-state index in [9.17, 15) is 4.79 Å². The summed E-state index contributed by atoms with van der Waals surface area (Å²) < 4.78 is 0. The van der Waals surface area contributed by atoms with E-state index >= 15 is 0 Å². The van der Waals surface area contributed by atoms with Crippen LogP contribution in [0.1, 0.15) is 11.1 Å². The Balaban J connectivity index is 2.70. The number of hydrogen-bond acceptors (Lipinski definition) is 2. The molecule has 0 spiro atoms. The highest BCUT2D eigenvalue weighted by atomic mass is 16.1. The Bertz CT molecular complexity index is 410. The van der Waals surface area contributed by atoms with Gasteiger partial charge in [-0.2, -0.15) is 0 Å². The zero-order valence-electron chi connectivity index (χ0n) is 8.45. The van der Waals surface area contributed by atoms with Gasteiger partial charge in [-0.25, -0.2) is 0 Å². The fourth-order valence-corrected chi connectivity index (χ4v) is 1.11. The van der Waals surface area contributed by atoms with Crippen molar-refractivity contribution >= 4 is 17.9 Å². The summed E-state index contributed by atoms with van der Waals surface area (Å²) >= 11 is 0. The van der Waals surface area contributed by atoms with Crippen molar-refractivity contribution in [2.75, 3.05) is 0 Å². The van der Waals surface area contributed by atoms with E-state index in [4.69, 9.17) is 11.1 Å². The molecule has 0 bridgehead atoms. The summed E-state index contributed by atoms with van der Waals surface area (Å²) in [5.41, 5.74) is 7.07. The van der Waals surface area contributed by atoms with Crippen LogP contribution in [0.4, 0.5) is 0 Å². The van der Waals surface area contributed by atoms with Crippen LogP contribution in [0.2, 0.25) is 0 Å². The summed E-state index contributed by atoms with van der Waals surface area (Å²) in [6, 6.07) is 7.70. The molecular weight excluding hydrogens is 190 g/mol. The smallest absolute Gasteiger partial charge is 0.250 e. The molecule has 1 aromatic rings. The molecule has 0 saturated heterocycles. The van der Waals surface area contributed by atoms with Crippen molar-refractivity contribution in [3.63, 3.8) is 0 Å². The summed E-state index contributed by atoms with van der Waals surface area (Å²) in [6.07, 6.45) is 3.04. The minimum absolute atomic E-state index is 0.352. The van der Waals surface area contributed by atoms with Gasteiger partial charge in [0, 0.05) is 6.08 Å². The SMILES string of the molecule is Cc1ccccc1C=CC(=O)NC(=N)N. The summed E-state index contributed by atoms with van der Waals surface area (Å²) in [7, 11) is 0. The second-order valence-corrected chi connectivity index (χ2v) is 3.09. The molecule has 0 aliphatic carbocycles. The van der Waals surface area contributed by atoms with E-state index in [0.29, 0.717) is 0 Å². The third kappa shape index (κ3) is 3.64. The van der Waals surface area contributed by atoms with E-state index in [0.717, 1.165) is 11.1 Å². The van der Waals surface area contributed by atoms with Gasteiger partial charge in [-0.3, -0.25) is 15.5 Å². The maximum atomic E-state index is 11.1. The number of benzene rings is 1. The number of carbonyl (C=O) groups excluding carboxylic acids is 1. The highest BCUT2D eigenvalue weighted by molar-refractivity contribution is 6.02. The Morgan fingerprint density at radius 3 is 2.73 bits per heavy atom. The standard InChI is InChI=1S/C11H13N3O/c1-8-4-2-3-5-9(8)6-7-10(15)14-11(12)13/h2-7H,1H3,(H4,12,13,14,15). The molecule has 0 saturated carbocycles. The fourth-order valence-electron chi connectivity index (χ4n) is 1.11. The van der Waals surface area contributed by atoms with Crippen LogP contribution in [0.25, 0.3) is 6.08 Å². The van der Waals surface area contributed by atoms with E-state index in [2.05, 4.69) is 5.32 Å². The number of amides is 1. The van der Waals surface area contributed by atoms with Gasteiger partial charge in [0.2, 0.25) is 0 Å². The van der Waals surface area contributed by atoms with E-state index < -0.39 is 5.91 Å². The normalized spacial score (nSPS) is 10.2. The lowest BCUT2D eigenvalue weighted by Gasteiger charge is -1.99. The Hall–Kier alpha value is -2.10. The first-order valence-electron chi connectivity index (χ1n) is 4.48. The summed E-state index contributed by atoms with van der Waals surface area (Å²) in [5, 5.41) is 9.03. The number of aryl methyl sites for hydroxylation is 1. The molecule has 0 heterocycles. The number of rotatable bonds is 2. The molecule has 0 aromatic heterocycles. The lowest BCUT2D eigenvalue weighted by Crippen LogP contribution is -2.34. The molecule has 0 radical (unpaired) electrons. The minimum Gasteiger partial charge on any atom is -0.370 e. The third-order valence-corrected chi connectivity index (χ3v) is 1.86. The van der Waals surface area contributed by atoms with E-state index in [1.807, 2.05) is 31.2 Å². The molecular formula is C11H13N3O. The molecule has 78 valence electrons. The number of nitrogens with two attached hydrogens (primary N) is 1. The van der Waals surface area contributed by atoms with Crippen molar-refractivity contribution in [1.82, 2.24) is 5.32 Å². The molecule has 0 unspecified atom stereocenters. The van der Waals surface area contributed by atoms with Crippen molar-refractivity contribution in [2.24, 2.45) is 5.73 Å². The molecule has 4 heteroatoms. The second-order valence-electron chi connectivity index (χ2n) is 3.09. The van der Waals surface area contributed by atoms with Crippen LogP contribution in [0.3, 0.4) is 0 Å². The van der Waals surface area contributed by atoms with Gasteiger partial charge >= 0.3 is 0 Å². The zero-order valence-corrected chi connectivity index (χ0v) is 8.45.